The van der Waals surface area contributed by atoms with Gasteiger partial charge in [-0.1, -0.05) is 11.6 Å². The van der Waals surface area contributed by atoms with Crippen molar-refractivity contribution >= 4 is 55.6 Å². The minimum absolute atomic E-state index is 0.186. The van der Waals surface area contributed by atoms with Crippen LogP contribution < -0.4 is 10.0 Å². The van der Waals surface area contributed by atoms with Gasteiger partial charge in [0.25, 0.3) is 10.0 Å². The molecule has 2 N–H and O–H groups in total. The van der Waals surface area contributed by atoms with E-state index in [-0.39, 0.29) is 4.90 Å². The van der Waals surface area contributed by atoms with Crippen LogP contribution in [0.5, 0.6) is 0 Å². The molecule has 0 aliphatic rings. The number of hydrogen-bond acceptors (Lipinski definition) is 3. The number of benzene rings is 2. The van der Waals surface area contributed by atoms with Crippen molar-refractivity contribution in [3.8, 4) is 0 Å². The maximum Gasteiger partial charge on any atom is 0.261 e. The third-order valence-corrected chi connectivity index (χ3v) is 4.99. The molecule has 0 aliphatic carbocycles. The molecule has 2 aromatic carbocycles. The van der Waals surface area contributed by atoms with Gasteiger partial charge in [0.1, 0.15) is 0 Å². The maximum atomic E-state index is 12.2. The second kappa shape index (κ2) is 6.19. The molecule has 0 spiro atoms. The number of halogens is 2. The molecule has 4 nitrogen and oxygen atoms in total. The summed E-state index contributed by atoms with van der Waals surface area (Å²) in [5, 5.41) is 3.30. The Bertz CT molecular complexity index is 718. The standard InChI is InChI=1S/C13H12ClIN2O2S/c1-16-10-3-5-11(6-4-10)20(18,19)17-13-7-2-9(15)8-12(13)14/h2-8,16-17H,1H3. The Morgan fingerprint density at radius 2 is 1.75 bits per heavy atom. The van der Waals surface area contributed by atoms with E-state index in [1.54, 1.807) is 37.4 Å². The third kappa shape index (κ3) is 3.56. The molecular formula is C13H12ClIN2O2S. The summed E-state index contributed by atoms with van der Waals surface area (Å²) in [6, 6.07) is 11.6. The van der Waals surface area contributed by atoms with Gasteiger partial charge in [0.2, 0.25) is 0 Å². The molecule has 0 amide bonds. The van der Waals surface area contributed by atoms with Gasteiger partial charge in [-0.2, -0.15) is 0 Å². The van der Waals surface area contributed by atoms with E-state index in [9.17, 15) is 8.42 Å². The lowest BCUT2D eigenvalue weighted by Gasteiger charge is -2.10. The number of sulfonamides is 1. The van der Waals surface area contributed by atoms with Crippen LogP contribution in [0.3, 0.4) is 0 Å². The molecule has 2 rings (SSSR count). The monoisotopic (exact) mass is 422 g/mol. The van der Waals surface area contributed by atoms with Gasteiger partial charge in [-0.25, -0.2) is 8.42 Å². The lowest BCUT2D eigenvalue weighted by Crippen LogP contribution is -2.13. The van der Waals surface area contributed by atoms with Crippen LogP contribution >= 0.6 is 34.2 Å². The summed E-state index contributed by atoms with van der Waals surface area (Å²) in [6.45, 7) is 0. The third-order valence-electron chi connectivity index (χ3n) is 2.63. The molecule has 0 bridgehead atoms. The molecule has 0 aliphatic heterocycles. The van der Waals surface area contributed by atoms with E-state index >= 15 is 0 Å². The molecule has 0 fully saturated rings. The van der Waals surface area contributed by atoms with Gasteiger partial charge >= 0.3 is 0 Å². The van der Waals surface area contributed by atoms with Crippen LogP contribution in [0.2, 0.25) is 5.02 Å². The van der Waals surface area contributed by atoms with Crippen LogP contribution in [0.25, 0.3) is 0 Å². The predicted octanol–water partition coefficient (Wildman–Crippen LogP) is 3.79. The summed E-state index contributed by atoms with van der Waals surface area (Å²) >= 11 is 8.14. The normalized spacial score (nSPS) is 11.2. The zero-order valence-electron chi connectivity index (χ0n) is 10.5. The average Bonchev–Trinajstić information content (AvgIpc) is 2.42. The Hall–Kier alpha value is -0.990. The topological polar surface area (TPSA) is 58.2 Å². The van der Waals surface area contributed by atoms with Gasteiger partial charge in [0.15, 0.2) is 0 Å². The Morgan fingerprint density at radius 1 is 1.10 bits per heavy atom. The van der Waals surface area contributed by atoms with E-state index in [1.807, 2.05) is 0 Å². The minimum Gasteiger partial charge on any atom is -0.388 e. The smallest absolute Gasteiger partial charge is 0.261 e. The highest BCUT2D eigenvalue weighted by molar-refractivity contribution is 14.1. The minimum atomic E-state index is -3.64. The number of anilines is 2. The zero-order chi connectivity index (χ0) is 14.8. The van der Waals surface area contributed by atoms with Crippen LogP contribution in [-0.4, -0.2) is 15.5 Å². The highest BCUT2D eigenvalue weighted by Gasteiger charge is 2.15. The molecule has 0 unspecified atom stereocenters. The Kier molecular flexibility index (Phi) is 4.77. The summed E-state index contributed by atoms with van der Waals surface area (Å²) in [5.74, 6) is 0. The quantitative estimate of drug-likeness (QED) is 0.737. The lowest BCUT2D eigenvalue weighted by molar-refractivity contribution is 0.601. The summed E-state index contributed by atoms with van der Waals surface area (Å²) < 4.78 is 27.9. The molecule has 0 radical (unpaired) electrons. The predicted molar refractivity (Wildman–Crippen MR) is 91.0 cm³/mol. The molecular weight excluding hydrogens is 411 g/mol. The van der Waals surface area contributed by atoms with Crippen LogP contribution in [0.15, 0.2) is 47.4 Å². The maximum absolute atomic E-state index is 12.2. The number of hydrogen-bond donors (Lipinski definition) is 2. The highest BCUT2D eigenvalue weighted by Crippen LogP contribution is 2.26. The summed E-state index contributed by atoms with van der Waals surface area (Å²) in [6.07, 6.45) is 0. The van der Waals surface area contributed by atoms with Crippen LogP contribution in [0.4, 0.5) is 11.4 Å². The second-order valence-corrected chi connectivity index (χ2v) is 7.34. The fourth-order valence-corrected chi connectivity index (χ4v) is 3.62. The fourth-order valence-electron chi connectivity index (χ4n) is 1.58. The van der Waals surface area contributed by atoms with Crippen LogP contribution in [-0.2, 0) is 10.0 Å². The molecule has 20 heavy (non-hydrogen) atoms. The summed E-state index contributed by atoms with van der Waals surface area (Å²) in [4.78, 5) is 0.186. The first-order valence-electron chi connectivity index (χ1n) is 5.68. The van der Waals surface area contributed by atoms with Crippen LogP contribution in [0.1, 0.15) is 0 Å². The first-order chi connectivity index (χ1) is 9.42. The fraction of sp³-hybridized carbons (Fsp3) is 0.0769. The van der Waals surface area contributed by atoms with E-state index in [1.165, 1.54) is 12.1 Å². The average molecular weight is 423 g/mol. The van der Waals surface area contributed by atoms with E-state index < -0.39 is 10.0 Å². The molecule has 0 heterocycles. The Labute approximate surface area is 136 Å². The second-order valence-electron chi connectivity index (χ2n) is 4.00. The molecule has 7 heteroatoms. The molecule has 0 atom stereocenters. The lowest BCUT2D eigenvalue weighted by atomic mass is 10.3. The molecule has 0 saturated carbocycles. The summed E-state index contributed by atoms with van der Waals surface area (Å²) in [7, 11) is -1.87. The van der Waals surface area contributed by atoms with Crippen molar-refractivity contribution in [3.05, 3.63) is 51.1 Å². The van der Waals surface area contributed by atoms with Gasteiger partial charge in [0, 0.05) is 16.3 Å². The van der Waals surface area contributed by atoms with Gasteiger partial charge in [-0.3, -0.25) is 4.72 Å². The van der Waals surface area contributed by atoms with Gasteiger partial charge < -0.3 is 5.32 Å². The van der Waals surface area contributed by atoms with Gasteiger partial charge in [0.05, 0.1) is 15.6 Å². The van der Waals surface area contributed by atoms with Crippen molar-refractivity contribution in [1.82, 2.24) is 0 Å². The molecule has 2 aromatic rings. The Morgan fingerprint density at radius 3 is 2.30 bits per heavy atom. The van der Waals surface area contributed by atoms with Crippen molar-refractivity contribution < 1.29 is 8.42 Å². The molecule has 106 valence electrons. The molecule has 0 saturated heterocycles. The highest BCUT2D eigenvalue weighted by atomic mass is 127. The zero-order valence-corrected chi connectivity index (χ0v) is 14.3. The van der Waals surface area contributed by atoms with Crippen molar-refractivity contribution in [2.24, 2.45) is 0 Å². The van der Waals surface area contributed by atoms with Crippen molar-refractivity contribution in [1.29, 1.82) is 0 Å². The van der Waals surface area contributed by atoms with Crippen LogP contribution in [0, 0.1) is 3.57 Å². The van der Waals surface area contributed by atoms with E-state index in [2.05, 4.69) is 32.6 Å². The van der Waals surface area contributed by atoms with Crippen molar-refractivity contribution in [2.45, 2.75) is 4.90 Å². The van der Waals surface area contributed by atoms with Crippen molar-refractivity contribution in [2.75, 3.05) is 17.1 Å². The van der Waals surface area contributed by atoms with E-state index in [0.29, 0.717) is 10.7 Å². The van der Waals surface area contributed by atoms with Crippen molar-refractivity contribution in [3.63, 3.8) is 0 Å². The SMILES string of the molecule is CNc1ccc(S(=O)(=O)Nc2ccc(I)cc2Cl)cc1. The number of nitrogens with one attached hydrogen (secondary N) is 2. The first-order valence-corrected chi connectivity index (χ1v) is 8.62. The Balaban J connectivity index is 2.30. The van der Waals surface area contributed by atoms with E-state index in [0.717, 1.165) is 9.26 Å². The van der Waals surface area contributed by atoms with Gasteiger partial charge in [-0.15, -0.1) is 0 Å². The summed E-state index contributed by atoms with van der Waals surface area (Å²) in [5.41, 5.74) is 1.21. The van der Waals surface area contributed by atoms with Gasteiger partial charge in [-0.05, 0) is 65.1 Å². The number of rotatable bonds is 4. The largest absolute Gasteiger partial charge is 0.388 e. The first kappa shape index (κ1) is 15.4. The molecule has 0 aromatic heterocycles. The van der Waals surface area contributed by atoms with E-state index in [4.69, 9.17) is 11.6 Å².